The summed E-state index contributed by atoms with van der Waals surface area (Å²) in [6.45, 7) is 4.47. The van der Waals surface area contributed by atoms with Gasteiger partial charge < -0.3 is 9.30 Å². The van der Waals surface area contributed by atoms with E-state index in [4.69, 9.17) is 10.00 Å². The monoisotopic (exact) mass is 241 g/mol. The number of nitrogens with zero attached hydrogens (tertiary/aromatic N) is 3. The van der Waals surface area contributed by atoms with Crippen LogP contribution in [0.2, 0.25) is 0 Å². The lowest BCUT2D eigenvalue weighted by Gasteiger charge is -2.06. The van der Waals surface area contributed by atoms with Crippen LogP contribution in [0.15, 0.2) is 24.3 Å². The fourth-order valence-electron chi connectivity index (χ4n) is 1.84. The topological polar surface area (TPSA) is 50.8 Å². The molecule has 0 amide bonds. The molecule has 2 rings (SSSR count). The summed E-state index contributed by atoms with van der Waals surface area (Å²) in [6, 6.07) is 9.84. The van der Waals surface area contributed by atoms with Crippen molar-refractivity contribution in [2.45, 2.75) is 13.8 Å². The fraction of sp³-hybridized carbons (Fsp3) is 0.286. The van der Waals surface area contributed by atoms with Crippen molar-refractivity contribution < 1.29 is 4.74 Å². The molecule has 0 unspecified atom stereocenters. The minimum Gasteiger partial charge on any atom is -0.494 e. The fourth-order valence-corrected chi connectivity index (χ4v) is 1.84. The maximum Gasteiger partial charge on any atom is 0.162 e. The molecular formula is C14H15N3O. The second kappa shape index (κ2) is 4.92. The highest BCUT2D eigenvalue weighted by Crippen LogP contribution is 2.24. The van der Waals surface area contributed by atoms with E-state index in [0.717, 1.165) is 22.8 Å². The van der Waals surface area contributed by atoms with Gasteiger partial charge in [-0.3, -0.25) is 0 Å². The van der Waals surface area contributed by atoms with Gasteiger partial charge in [0.1, 0.15) is 17.6 Å². The third-order valence-electron chi connectivity index (χ3n) is 2.89. The Morgan fingerprint density at radius 2 is 2.22 bits per heavy atom. The van der Waals surface area contributed by atoms with Crippen LogP contribution < -0.4 is 4.74 Å². The molecule has 2 aromatic rings. The van der Waals surface area contributed by atoms with Gasteiger partial charge in [-0.15, -0.1) is 0 Å². The molecule has 0 saturated heterocycles. The van der Waals surface area contributed by atoms with Gasteiger partial charge in [-0.2, -0.15) is 5.26 Å². The van der Waals surface area contributed by atoms with E-state index in [0.29, 0.717) is 12.3 Å². The quantitative estimate of drug-likeness (QED) is 0.830. The molecule has 18 heavy (non-hydrogen) atoms. The number of rotatable bonds is 3. The maximum absolute atomic E-state index is 8.99. The van der Waals surface area contributed by atoms with Crippen LogP contribution in [-0.4, -0.2) is 16.2 Å². The summed E-state index contributed by atoms with van der Waals surface area (Å²) in [5, 5.41) is 8.99. The van der Waals surface area contributed by atoms with Crippen molar-refractivity contribution in [1.29, 1.82) is 5.26 Å². The highest BCUT2D eigenvalue weighted by Gasteiger charge is 2.12. The molecule has 4 nitrogen and oxygen atoms in total. The van der Waals surface area contributed by atoms with Crippen molar-refractivity contribution >= 4 is 0 Å². The van der Waals surface area contributed by atoms with Crippen LogP contribution in [0.5, 0.6) is 5.75 Å². The van der Waals surface area contributed by atoms with Crippen molar-refractivity contribution in [1.82, 2.24) is 9.55 Å². The average Bonchev–Trinajstić information content (AvgIpc) is 2.67. The molecule has 0 N–H and O–H groups in total. The highest BCUT2D eigenvalue weighted by molar-refractivity contribution is 5.60. The number of benzene rings is 1. The molecule has 0 aliphatic rings. The number of aromatic nitrogens is 2. The van der Waals surface area contributed by atoms with E-state index in [1.807, 2.05) is 49.7 Å². The Hall–Kier alpha value is -2.28. The molecule has 0 atom stereocenters. The Balaban J connectivity index is 2.49. The van der Waals surface area contributed by atoms with Crippen LogP contribution in [0.1, 0.15) is 18.3 Å². The van der Waals surface area contributed by atoms with Crippen LogP contribution in [0, 0.1) is 18.3 Å². The SMILES string of the molecule is CCOc1cccc(-c2nc(C#N)c(C)n2C)c1. The number of ether oxygens (including phenoxy) is 1. The standard InChI is InChI=1S/C14H15N3O/c1-4-18-12-7-5-6-11(8-12)14-16-13(9-15)10(2)17(14)3/h5-8H,4H2,1-3H3. The third kappa shape index (κ3) is 2.07. The zero-order valence-corrected chi connectivity index (χ0v) is 10.8. The van der Waals surface area contributed by atoms with Gasteiger partial charge in [0.25, 0.3) is 0 Å². The molecule has 4 heteroatoms. The summed E-state index contributed by atoms with van der Waals surface area (Å²) in [7, 11) is 1.91. The molecule has 0 aliphatic carbocycles. The zero-order chi connectivity index (χ0) is 13.1. The summed E-state index contributed by atoms with van der Waals surface area (Å²) in [5.74, 6) is 1.60. The second-order valence-corrected chi connectivity index (χ2v) is 4.00. The lowest BCUT2D eigenvalue weighted by Crippen LogP contribution is -1.96. The van der Waals surface area contributed by atoms with Crippen molar-refractivity contribution in [3.63, 3.8) is 0 Å². The first kappa shape index (κ1) is 12.2. The number of hydrogen-bond acceptors (Lipinski definition) is 3. The van der Waals surface area contributed by atoms with Crippen molar-refractivity contribution in [3.05, 3.63) is 35.7 Å². The molecule has 0 bridgehead atoms. The van der Waals surface area contributed by atoms with Gasteiger partial charge in [-0.05, 0) is 26.0 Å². The van der Waals surface area contributed by atoms with E-state index in [9.17, 15) is 0 Å². The Labute approximate surface area is 106 Å². The Kier molecular flexibility index (Phi) is 3.33. The molecule has 0 saturated carbocycles. The molecule has 0 spiro atoms. The normalized spacial score (nSPS) is 10.1. The molecule has 1 aromatic heterocycles. The predicted molar refractivity (Wildman–Crippen MR) is 69.3 cm³/mol. The van der Waals surface area contributed by atoms with Crippen LogP contribution in [0.25, 0.3) is 11.4 Å². The number of hydrogen-bond donors (Lipinski definition) is 0. The van der Waals surface area contributed by atoms with Gasteiger partial charge in [0, 0.05) is 12.6 Å². The Morgan fingerprint density at radius 3 is 2.83 bits per heavy atom. The summed E-state index contributed by atoms with van der Waals surface area (Å²) < 4.78 is 7.39. The molecule has 0 fully saturated rings. The first-order valence-electron chi connectivity index (χ1n) is 5.84. The first-order valence-corrected chi connectivity index (χ1v) is 5.84. The first-order chi connectivity index (χ1) is 8.67. The van der Waals surface area contributed by atoms with E-state index < -0.39 is 0 Å². The molecule has 92 valence electrons. The minimum absolute atomic E-state index is 0.467. The van der Waals surface area contributed by atoms with Gasteiger partial charge in [-0.25, -0.2) is 4.98 Å². The van der Waals surface area contributed by atoms with Crippen LogP contribution in [-0.2, 0) is 7.05 Å². The molecular weight excluding hydrogens is 226 g/mol. The summed E-state index contributed by atoms with van der Waals surface area (Å²) in [6.07, 6.45) is 0. The van der Waals surface area contributed by atoms with E-state index in [-0.39, 0.29) is 0 Å². The minimum atomic E-state index is 0.467. The maximum atomic E-state index is 8.99. The van der Waals surface area contributed by atoms with E-state index in [1.54, 1.807) is 0 Å². The molecule has 1 aromatic carbocycles. The van der Waals surface area contributed by atoms with Gasteiger partial charge in [0.2, 0.25) is 0 Å². The number of nitriles is 1. The van der Waals surface area contributed by atoms with Gasteiger partial charge in [-0.1, -0.05) is 12.1 Å². The van der Waals surface area contributed by atoms with Crippen molar-refractivity contribution in [2.24, 2.45) is 7.05 Å². The van der Waals surface area contributed by atoms with Gasteiger partial charge >= 0.3 is 0 Å². The summed E-state index contributed by atoms with van der Waals surface area (Å²) in [4.78, 5) is 4.35. The highest BCUT2D eigenvalue weighted by atomic mass is 16.5. The Bertz CT molecular complexity index is 608. The zero-order valence-electron chi connectivity index (χ0n) is 10.8. The van der Waals surface area contributed by atoms with Crippen molar-refractivity contribution in [2.75, 3.05) is 6.61 Å². The third-order valence-corrected chi connectivity index (χ3v) is 2.89. The lowest BCUT2D eigenvalue weighted by atomic mass is 10.2. The van der Waals surface area contributed by atoms with E-state index in [1.165, 1.54) is 0 Å². The van der Waals surface area contributed by atoms with Crippen LogP contribution in [0.4, 0.5) is 0 Å². The molecule has 1 heterocycles. The number of imidazole rings is 1. The molecule has 0 aliphatic heterocycles. The summed E-state index contributed by atoms with van der Waals surface area (Å²) >= 11 is 0. The smallest absolute Gasteiger partial charge is 0.162 e. The van der Waals surface area contributed by atoms with Crippen molar-refractivity contribution in [3.8, 4) is 23.2 Å². The van der Waals surface area contributed by atoms with Gasteiger partial charge in [0.15, 0.2) is 5.69 Å². The Morgan fingerprint density at radius 1 is 1.44 bits per heavy atom. The van der Waals surface area contributed by atoms with Gasteiger partial charge in [0.05, 0.1) is 12.3 Å². The largest absolute Gasteiger partial charge is 0.494 e. The summed E-state index contributed by atoms with van der Waals surface area (Å²) in [5.41, 5.74) is 2.29. The van der Waals surface area contributed by atoms with Crippen LogP contribution >= 0.6 is 0 Å². The predicted octanol–water partition coefficient (Wildman–Crippen LogP) is 2.67. The lowest BCUT2D eigenvalue weighted by molar-refractivity contribution is 0.340. The molecule has 0 radical (unpaired) electrons. The van der Waals surface area contributed by atoms with E-state index in [2.05, 4.69) is 11.1 Å². The second-order valence-electron chi connectivity index (χ2n) is 4.00. The average molecular weight is 241 g/mol. The van der Waals surface area contributed by atoms with E-state index >= 15 is 0 Å². The van der Waals surface area contributed by atoms with Crippen LogP contribution in [0.3, 0.4) is 0 Å².